The number of aryl methyl sites for hydroxylation is 1. The van der Waals surface area contributed by atoms with Gasteiger partial charge >= 0.3 is 12.0 Å². The van der Waals surface area contributed by atoms with Gasteiger partial charge in [-0.05, 0) is 37.6 Å². The molecule has 0 fully saturated rings. The number of carbonyl (C=O) groups is 2. The SMILES string of the molecule is C=CC(C)NC(=O)Nc1ccc(C(=O)O)c(C)c1. The molecule has 0 aliphatic rings. The first-order valence-electron chi connectivity index (χ1n) is 5.48. The predicted molar refractivity (Wildman–Crippen MR) is 70.0 cm³/mol. The molecule has 0 aliphatic heterocycles. The molecule has 18 heavy (non-hydrogen) atoms. The zero-order chi connectivity index (χ0) is 13.7. The summed E-state index contributed by atoms with van der Waals surface area (Å²) in [6.45, 7) is 7.03. The molecule has 2 amide bonds. The molecule has 1 atom stereocenters. The lowest BCUT2D eigenvalue weighted by Crippen LogP contribution is -2.34. The third-order valence-electron chi connectivity index (χ3n) is 2.43. The van der Waals surface area contributed by atoms with Crippen molar-refractivity contribution < 1.29 is 14.7 Å². The van der Waals surface area contributed by atoms with E-state index in [1.54, 1.807) is 32.1 Å². The number of nitrogens with one attached hydrogen (secondary N) is 2. The Bertz CT molecular complexity index is 483. The van der Waals surface area contributed by atoms with Crippen LogP contribution in [0.3, 0.4) is 0 Å². The van der Waals surface area contributed by atoms with E-state index in [9.17, 15) is 9.59 Å². The summed E-state index contributed by atoms with van der Waals surface area (Å²) >= 11 is 0. The smallest absolute Gasteiger partial charge is 0.335 e. The van der Waals surface area contributed by atoms with Crippen molar-refractivity contribution in [1.29, 1.82) is 0 Å². The van der Waals surface area contributed by atoms with Gasteiger partial charge in [-0.1, -0.05) is 6.08 Å². The molecule has 1 rings (SSSR count). The Balaban J connectivity index is 2.74. The lowest BCUT2D eigenvalue weighted by atomic mass is 10.1. The van der Waals surface area contributed by atoms with Gasteiger partial charge in [0.05, 0.1) is 5.56 Å². The Kier molecular flexibility index (Phi) is 4.48. The van der Waals surface area contributed by atoms with E-state index in [2.05, 4.69) is 17.2 Å². The highest BCUT2D eigenvalue weighted by Gasteiger charge is 2.09. The van der Waals surface area contributed by atoms with Crippen molar-refractivity contribution in [3.05, 3.63) is 42.0 Å². The van der Waals surface area contributed by atoms with Gasteiger partial charge in [0.25, 0.3) is 0 Å². The van der Waals surface area contributed by atoms with Crippen molar-refractivity contribution in [2.75, 3.05) is 5.32 Å². The standard InChI is InChI=1S/C13H16N2O3/c1-4-9(3)14-13(18)15-10-5-6-11(12(16)17)8(2)7-10/h4-7,9H,1H2,2-3H3,(H,16,17)(H2,14,15,18). The lowest BCUT2D eigenvalue weighted by molar-refractivity contribution is 0.0696. The van der Waals surface area contributed by atoms with Gasteiger partial charge in [-0.3, -0.25) is 0 Å². The third-order valence-corrected chi connectivity index (χ3v) is 2.43. The number of amides is 2. The minimum atomic E-state index is -0.983. The lowest BCUT2D eigenvalue weighted by Gasteiger charge is -2.11. The van der Waals surface area contributed by atoms with Crippen LogP contribution < -0.4 is 10.6 Å². The topological polar surface area (TPSA) is 78.4 Å². The van der Waals surface area contributed by atoms with Crippen molar-refractivity contribution in [3.8, 4) is 0 Å². The van der Waals surface area contributed by atoms with Crippen LogP contribution in [0.15, 0.2) is 30.9 Å². The number of hydrogen-bond acceptors (Lipinski definition) is 2. The Labute approximate surface area is 106 Å². The summed E-state index contributed by atoms with van der Waals surface area (Å²) < 4.78 is 0. The largest absolute Gasteiger partial charge is 0.478 e. The summed E-state index contributed by atoms with van der Waals surface area (Å²) in [5.74, 6) is -0.983. The molecule has 0 spiro atoms. The molecule has 1 aromatic rings. The molecule has 0 aliphatic carbocycles. The number of carbonyl (C=O) groups excluding carboxylic acids is 1. The van der Waals surface area contributed by atoms with E-state index in [1.807, 2.05) is 0 Å². The first-order chi connectivity index (χ1) is 8.43. The van der Waals surface area contributed by atoms with E-state index in [1.165, 1.54) is 6.07 Å². The highest BCUT2D eigenvalue weighted by atomic mass is 16.4. The molecule has 0 saturated heterocycles. The van der Waals surface area contributed by atoms with E-state index in [4.69, 9.17) is 5.11 Å². The molecule has 0 radical (unpaired) electrons. The molecular formula is C13H16N2O3. The number of aromatic carboxylic acids is 1. The summed E-state index contributed by atoms with van der Waals surface area (Å²) in [5.41, 5.74) is 1.36. The number of hydrogen-bond donors (Lipinski definition) is 3. The Morgan fingerprint density at radius 1 is 1.44 bits per heavy atom. The Hall–Kier alpha value is -2.30. The number of urea groups is 1. The number of carboxylic acids is 1. The minimum Gasteiger partial charge on any atom is -0.478 e. The molecule has 0 heterocycles. The highest BCUT2D eigenvalue weighted by molar-refractivity contribution is 5.92. The molecule has 1 unspecified atom stereocenters. The third kappa shape index (κ3) is 3.62. The maximum absolute atomic E-state index is 11.5. The van der Waals surface area contributed by atoms with Crippen LogP contribution in [-0.4, -0.2) is 23.1 Å². The molecule has 5 heteroatoms. The molecule has 3 N–H and O–H groups in total. The van der Waals surface area contributed by atoms with Gasteiger partial charge in [0.1, 0.15) is 0 Å². The van der Waals surface area contributed by atoms with Gasteiger partial charge in [0.15, 0.2) is 0 Å². The van der Waals surface area contributed by atoms with Crippen LogP contribution in [0.2, 0.25) is 0 Å². The maximum atomic E-state index is 11.5. The molecule has 0 bridgehead atoms. The van der Waals surface area contributed by atoms with Gasteiger partial charge < -0.3 is 15.7 Å². The number of carboxylic acid groups (broad SMARTS) is 1. The Morgan fingerprint density at radius 3 is 2.61 bits per heavy atom. The number of anilines is 1. The van der Waals surface area contributed by atoms with Crippen molar-refractivity contribution in [1.82, 2.24) is 5.32 Å². The van der Waals surface area contributed by atoms with E-state index < -0.39 is 5.97 Å². The maximum Gasteiger partial charge on any atom is 0.335 e. The van der Waals surface area contributed by atoms with Gasteiger partial charge in [-0.15, -0.1) is 6.58 Å². The van der Waals surface area contributed by atoms with Gasteiger partial charge in [0.2, 0.25) is 0 Å². The second kappa shape index (κ2) is 5.86. The predicted octanol–water partition coefficient (Wildman–Crippen LogP) is 2.39. The molecule has 96 valence electrons. The molecule has 1 aromatic carbocycles. The summed E-state index contributed by atoms with van der Waals surface area (Å²) in [7, 11) is 0. The average Bonchev–Trinajstić information content (AvgIpc) is 2.28. The van der Waals surface area contributed by atoms with E-state index >= 15 is 0 Å². The van der Waals surface area contributed by atoms with Crippen LogP contribution >= 0.6 is 0 Å². The quantitative estimate of drug-likeness (QED) is 0.716. The average molecular weight is 248 g/mol. The fourth-order valence-electron chi connectivity index (χ4n) is 1.41. The normalized spacial score (nSPS) is 11.4. The van der Waals surface area contributed by atoms with E-state index in [0.717, 1.165) is 0 Å². The van der Waals surface area contributed by atoms with Crippen molar-refractivity contribution in [2.45, 2.75) is 19.9 Å². The molecular weight excluding hydrogens is 232 g/mol. The zero-order valence-corrected chi connectivity index (χ0v) is 10.4. The summed E-state index contributed by atoms with van der Waals surface area (Å²) in [6.07, 6.45) is 1.61. The fourth-order valence-corrected chi connectivity index (χ4v) is 1.41. The summed E-state index contributed by atoms with van der Waals surface area (Å²) in [4.78, 5) is 22.4. The van der Waals surface area contributed by atoms with Crippen molar-refractivity contribution in [3.63, 3.8) is 0 Å². The highest BCUT2D eigenvalue weighted by Crippen LogP contribution is 2.15. The first kappa shape index (κ1) is 13.8. The zero-order valence-electron chi connectivity index (χ0n) is 10.4. The van der Waals surface area contributed by atoms with Crippen LogP contribution in [0, 0.1) is 6.92 Å². The number of benzene rings is 1. The van der Waals surface area contributed by atoms with Crippen LogP contribution in [0.4, 0.5) is 10.5 Å². The van der Waals surface area contributed by atoms with E-state index in [-0.39, 0.29) is 17.6 Å². The van der Waals surface area contributed by atoms with Crippen molar-refractivity contribution in [2.24, 2.45) is 0 Å². The monoisotopic (exact) mass is 248 g/mol. The van der Waals surface area contributed by atoms with Crippen LogP contribution in [-0.2, 0) is 0 Å². The van der Waals surface area contributed by atoms with Gasteiger partial charge in [0, 0.05) is 11.7 Å². The fraction of sp³-hybridized carbons (Fsp3) is 0.231. The first-order valence-corrected chi connectivity index (χ1v) is 5.48. The summed E-state index contributed by atoms with van der Waals surface area (Å²) in [5, 5.41) is 14.2. The summed E-state index contributed by atoms with van der Waals surface area (Å²) in [6, 6.07) is 4.13. The Morgan fingerprint density at radius 2 is 2.11 bits per heavy atom. The van der Waals surface area contributed by atoms with Crippen LogP contribution in [0.25, 0.3) is 0 Å². The molecule has 5 nitrogen and oxygen atoms in total. The second-order valence-electron chi connectivity index (χ2n) is 3.96. The van der Waals surface area contributed by atoms with Crippen molar-refractivity contribution >= 4 is 17.7 Å². The molecule has 0 aromatic heterocycles. The van der Waals surface area contributed by atoms with E-state index in [0.29, 0.717) is 11.3 Å². The van der Waals surface area contributed by atoms with Gasteiger partial charge in [-0.2, -0.15) is 0 Å². The molecule has 0 saturated carbocycles. The van der Waals surface area contributed by atoms with Gasteiger partial charge in [-0.25, -0.2) is 9.59 Å². The van der Waals surface area contributed by atoms with Crippen LogP contribution in [0.1, 0.15) is 22.8 Å². The minimum absolute atomic E-state index is 0.135. The van der Waals surface area contributed by atoms with Crippen LogP contribution in [0.5, 0.6) is 0 Å². The number of rotatable bonds is 4. The second-order valence-corrected chi connectivity index (χ2v) is 3.96.